The molecule has 33 heavy (non-hydrogen) atoms. The third-order valence-corrected chi connectivity index (χ3v) is 6.31. The molecule has 0 aliphatic carbocycles. The number of fused-ring (bicyclic) bond motifs is 1. The number of aryl methyl sites for hydroxylation is 1. The van der Waals surface area contributed by atoms with Gasteiger partial charge in [0.15, 0.2) is 0 Å². The number of imidazole rings is 1. The summed E-state index contributed by atoms with van der Waals surface area (Å²) in [6.45, 7) is 0.620. The van der Waals surface area contributed by atoms with Gasteiger partial charge in [0.1, 0.15) is 11.9 Å². The van der Waals surface area contributed by atoms with E-state index in [1.54, 1.807) is 16.8 Å². The van der Waals surface area contributed by atoms with Crippen molar-refractivity contribution in [1.29, 1.82) is 0 Å². The summed E-state index contributed by atoms with van der Waals surface area (Å²) in [7, 11) is 1.74. The first kappa shape index (κ1) is 20.9. The van der Waals surface area contributed by atoms with E-state index >= 15 is 0 Å². The van der Waals surface area contributed by atoms with Gasteiger partial charge in [0.25, 0.3) is 0 Å². The summed E-state index contributed by atoms with van der Waals surface area (Å²) in [5.74, 6) is 0.774. The molecule has 2 amide bonds. The third kappa shape index (κ3) is 4.00. The molecule has 6 nitrogen and oxygen atoms in total. The number of aromatic nitrogens is 2. The third-order valence-electron chi connectivity index (χ3n) is 6.31. The van der Waals surface area contributed by atoms with E-state index in [0.29, 0.717) is 25.8 Å². The van der Waals surface area contributed by atoms with Gasteiger partial charge in [-0.2, -0.15) is 0 Å². The molecule has 1 atom stereocenters. The monoisotopic (exact) mass is 438 g/mol. The zero-order chi connectivity index (χ0) is 22.8. The summed E-state index contributed by atoms with van der Waals surface area (Å²) in [5.41, 5.74) is 3.82. The molecule has 6 heteroatoms. The maximum absolute atomic E-state index is 13.1. The van der Waals surface area contributed by atoms with Crippen LogP contribution in [0, 0.1) is 0 Å². The Hall–Kier alpha value is -3.93. The Bertz CT molecular complexity index is 1280. The molecule has 4 aromatic rings. The van der Waals surface area contributed by atoms with Crippen LogP contribution in [0.15, 0.2) is 84.9 Å². The minimum Gasteiger partial charge on any atom is -0.334 e. The highest BCUT2D eigenvalue weighted by Crippen LogP contribution is 2.25. The predicted molar refractivity (Wildman–Crippen MR) is 129 cm³/mol. The second kappa shape index (κ2) is 8.90. The van der Waals surface area contributed by atoms with Crippen LogP contribution < -0.4 is 4.90 Å². The molecule has 0 bridgehead atoms. The Labute approximate surface area is 193 Å². The first-order valence-corrected chi connectivity index (χ1v) is 11.3. The van der Waals surface area contributed by atoms with Gasteiger partial charge in [-0.05, 0) is 42.8 Å². The number of anilines is 1. The summed E-state index contributed by atoms with van der Waals surface area (Å²) in [6, 6.07) is 27.3. The molecule has 1 aromatic heterocycles. The van der Waals surface area contributed by atoms with E-state index in [0.717, 1.165) is 28.2 Å². The molecule has 0 saturated carbocycles. The molecule has 1 fully saturated rings. The highest BCUT2D eigenvalue weighted by molar-refractivity contribution is 6.01. The smallest absolute Gasteiger partial charge is 0.249 e. The SMILES string of the molecule is CN(C(=O)CCc1nc2ccccc2n1-c1ccccc1)C1CCN(c2ccccc2)C1=O. The standard InChI is InChI=1S/C27H26N4O2/c1-29(24-18-19-30(27(24)33)20-10-4-2-5-11-20)26(32)17-16-25-28-22-14-8-9-15-23(22)31(25)21-12-6-3-7-13-21/h2-15,24H,16-19H2,1H3. The van der Waals surface area contributed by atoms with E-state index in [2.05, 4.69) is 4.57 Å². The van der Waals surface area contributed by atoms with E-state index in [4.69, 9.17) is 4.98 Å². The van der Waals surface area contributed by atoms with Crippen LogP contribution in [0.2, 0.25) is 0 Å². The minimum absolute atomic E-state index is 0.0198. The summed E-state index contributed by atoms with van der Waals surface area (Å²) in [4.78, 5) is 34.3. The number of benzene rings is 3. The average Bonchev–Trinajstić information content (AvgIpc) is 3.43. The first-order valence-electron chi connectivity index (χ1n) is 11.3. The number of carbonyl (C=O) groups excluding carboxylic acids is 2. The lowest BCUT2D eigenvalue weighted by Crippen LogP contribution is -2.43. The van der Waals surface area contributed by atoms with Crippen molar-refractivity contribution in [1.82, 2.24) is 14.5 Å². The van der Waals surface area contributed by atoms with E-state index in [1.807, 2.05) is 84.9 Å². The van der Waals surface area contributed by atoms with Gasteiger partial charge < -0.3 is 9.80 Å². The van der Waals surface area contributed by atoms with Crippen LogP contribution in [-0.4, -0.2) is 45.9 Å². The lowest BCUT2D eigenvalue weighted by Gasteiger charge is -2.24. The summed E-state index contributed by atoms with van der Waals surface area (Å²) in [5, 5.41) is 0. The highest BCUT2D eigenvalue weighted by Gasteiger charge is 2.37. The molecule has 1 aliphatic heterocycles. The Balaban J connectivity index is 1.32. The van der Waals surface area contributed by atoms with Crippen molar-refractivity contribution >= 4 is 28.5 Å². The molecular weight excluding hydrogens is 412 g/mol. The van der Waals surface area contributed by atoms with Crippen LogP contribution in [0.1, 0.15) is 18.7 Å². The molecule has 1 unspecified atom stereocenters. The number of amides is 2. The highest BCUT2D eigenvalue weighted by atomic mass is 16.2. The number of para-hydroxylation sites is 4. The zero-order valence-electron chi connectivity index (χ0n) is 18.6. The zero-order valence-corrected chi connectivity index (χ0v) is 18.6. The Morgan fingerprint density at radius 2 is 1.58 bits per heavy atom. The second-order valence-electron chi connectivity index (χ2n) is 8.32. The van der Waals surface area contributed by atoms with E-state index in [1.165, 1.54) is 0 Å². The van der Waals surface area contributed by atoms with Crippen molar-refractivity contribution < 1.29 is 9.59 Å². The van der Waals surface area contributed by atoms with Gasteiger partial charge >= 0.3 is 0 Å². The molecule has 0 radical (unpaired) electrons. The number of rotatable bonds is 6. The van der Waals surface area contributed by atoms with Crippen molar-refractivity contribution in [2.75, 3.05) is 18.5 Å². The Morgan fingerprint density at radius 3 is 2.30 bits per heavy atom. The van der Waals surface area contributed by atoms with Gasteiger partial charge in [0, 0.05) is 37.8 Å². The van der Waals surface area contributed by atoms with E-state index in [9.17, 15) is 9.59 Å². The van der Waals surface area contributed by atoms with E-state index < -0.39 is 6.04 Å². The van der Waals surface area contributed by atoms with Gasteiger partial charge in [0.2, 0.25) is 11.8 Å². The minimum atomic E-state index is -0.425. The van der Waals surface area contributed by atoms with Gasteiger partial charge in [-0.15, -0.1) is 0 Å². The van der Waals surface area contributed by atoms with Crippen LogP contribution in [-0.2, 0) is 16.0 Å². The maximum Gasteiger partial charge on any atom is 0.249 e. The Morgan fingerprint density at radius 1 is 0.939 bits per heavy atom. The van der Waals surface area contributed by atoms with Crippen molar-refractivity contribution in [3.8, 4) is 5.69 Å². The topological polar surface area (TPSA) is 58.4 Å². The average molecular weight is 439 g/mol. The predicted octanol–water partition coefficient (Wildman–Crippen LogP) is 4.22. The van der Waals surface area contributed by atoms with Gasteiger partial charge in [0.05, 0.1) is 11.0 Å². The van der Waals surface area contributed by atoms with Gasteiger partial charge in [-0.3, -0.25) is 14.2 Å². The van der Waals surface area contributed by atoms with Crippen LogP contribution in [0.3, 0.4) is 0 Å². The number of carbonyl (C=O) groups is 2. The first-order chi connectivity index (χ1) is 16.1. The number of likely N-dealkylation sites (N-methyl/N-ethyl adjacent to an activating group) is 1. The van der Waals surface area contributed by atoms with Crippen LogP contribution in [0.4, 0.5) is 5.69 Å². The van der Waals surface area contributed by atoms with Gasteiger partial charge in [-0.25, -0.2) is 4.98 Å². The number of hydrogen-bond donors (Lipinski definition) is 0. The summed E-state index contributed by atoms with van der Waals surface area (Å²) in [6.07, 6.45) is 1.43. The molecular formula is C27H26N4O2. The molecule has 0 N–H and O–H groups in total. The summed E-state index contributed by atoms with van der Waals surface area (Å²) < 4.78 is 2.11. The fraction of sp³-hybridized carbons (Fsp3) is 0.222. The fourth-order valence-electron chi connectivity index (χ4n) is 4.57. The quantitative estimate of drug-likeness (QED) is 0.453. The molecule has 3 aromatic carbocycles. The second-order valence-corrected chi connectivity index (χ2v) is 8.32. The Kier molecular flexibility index (Phi) is 5.65. The largest absolute Gasteiger partial charge is 0.334 e. The maximum atomic E-state index is 13.1. The van der Waals surface area contributed by atoms with Crippen molar-refractivity contribution in [2.45, 2.75) is 25.3 Å². The van der Waals surface area contributed by atoms with Crippen LogP contribution in [0.5, 0.6) is 0 Å². The van der Waals surface area contributed by atoms with Crippen molar-refractivity contribution in [3.05, 3.63) is 90.8 Å². The van der Waals surface area contributed by atoms with Crippen molar-refractivity contribution in [3.63, 3.8) is 0 Å². The molecule has 1 saturated heterocycles. The van der Waals surface area contributed by atoms with E-state index in [-0.39, 0.29) is 11.8 Å². The van der Waals surface area contributed by atoms with Crippen LogP contribution >= 0.6 is 0 Å². The lowest BCUT2D eigenvalue weighted by atomic mass is 10.2. The molecule has 1 aliphatic rings. The van der Waals surface area contributed by atoms with Crippen LogP contribution in [0.25, 0.3) is 16.7 Å². The number of hydrogen-bond acceptors (Lipinski definition) is 3. The summed E-state index contributed by atoms with van der Waals surface area (Å²) >= 11 is 0. The van der Waals surface area contributed by atoms with Gasteiger partial charge in [-0.1, -0.05) is 48.5 Å². The molecule has 166 valence electrons. The molecule has 0 spiro atoms. The normalized spacial score (nSPS) is 15.8. The fourth-order valence-corrected chi connectivity index (χ4v) is 4.57. The molecule has 5 rings (SSSR count). The lowest BCUT2D eigenvalue weighted by molar-refractivity contribution is -0.136. The number of nitrogens with zero attached hydrogens (tertiary/aromatic N) is 4. The van der Waals surface area contributed by atoms with Crippen molar-refractivity contribution in [2.24, 2.45) is 0 Å². The molecule has 2 heterocycles.